The van der Waals surface area contributed by atoms with Gasteiger partial charge in [0.15, 0.2) is 0 Å². The molecule has 1 aromatic carbocycles. The molecule has 0 saturated carbocycles. The molecule has 4 nitrogen and oxygen atoms in total. The molecule has 1 saturated heterocycles. The lowest BCUT2D eigenvalue weighted by atomic mass is 10.2. The van der Waals surface area contributed by atoms with Gasteiger partial charge in [0.25, 0.3) is 0 Å². The Morgan fingerprint density at radius 2 is 2.14 bits per heavy atom. The number of hydrogen-bond acceptors (Lipinski definition) is 4. The zero-order chi connectivity index (χ0) is 14.5. The van der Waals surface area contributed by atoms with Gasteiger partial charge in [0.2, 0.25) is 5.91 Å². The van der Waals surface area contributed by atoms with Gasteiger partial charge in [-0.3, -0.25) is 9.78 Å². The van der Waals surface area contributed by atoms with Crippen molar-refractivity contribution < 1.29 is 4.79 Å². The topological polar surface area (TPSA) is 54.0 Å². The number of amides is 1. The fourth-order valence-corrected chi connectivity index (χ4v) is 3.58. The van der Waals surface area contributed by atoms with Crippen molar-refractivity contribution in [3.63, 3.8) is 0 Å². The highest BCUT2D eigenvalue weighted by molar-refractivity contribution is 8.00. The number of rotatable bonds is 4. The van der Waals surface area contributed by atoms with E-state index in [-0.39, 0.29) is 5.91 Å². The third-order valence-corrected chi connectivity index (χ3v) is 5.03. The first-order chi connectivity index (χ1) is 10.3. The van der Waals surface area contributed by atoms with Crippen LogP contribution >= 0.6 is 11.8 Å². The number of piperidine rings is 1. The minimum atomic E-state index is 0.0647. The lowest BCUT2D eigenvalue weighted by molar-refractivity contribution is -0.113. The maximum Gasteiger partial charge on any atom is 0.234 e. The average molecular weight is 301 g/mol. The number of anilines is 1. The van der Waals surface area contributed by atoms with E-state index in [1.165, 1.54) is 0 Å². The highest BCUT2D eigenvalue weighted by Gasteiger charge is 2.15. The smallest absolute Gasteiger partial charge is 0.234 e. The van der Waals surface area contributed by atoms with Gasteiger partial charge in [-0.15, -0.1) is 11.8 Å². The Hall–Kier alpha value is -1.59. The van der Waals surface area contributed by atoms with Crippen LogP contribution in [0.3, 0.4) is 0 Å². The third kappa shape index (κ3) is 3.74. The molecule has 1 fully saturated rings. The van der Waals surface area contributed by atoms with E-state index in [4.69, 9.17) is 0 Å². The molecule has 0 unspecified atom stereocenters. The van der Waals surface area contributed by atoms with Crippen molar-refractivity contribution in [2.75, 3.05) is 24.2 Å². The van der Waals surface area contributed by atoms with Crippen molar-refractivity contribution in [3.05, 3.63) is 36.5 Å². The second kappa shape index (κ2) is 6.91. The number of carbonyl (C=O) groups is 1. The van der Waals surface area contributed by atoms with Crippen LogP contribution in [0.4, 0.5) is 5.69 Å². The third-order valence-electron chi connectivity index (χ3n) is 3.66. The van der Waals surface area contributed by atoms with Crippen LogP contribution in [0.1, 0.15) is 12.8 Å². The fourth-order valence-electron chi connectivity index (χ4n) is 2.55. The number of hydrogen-bond donors (Lipinski definition) is 2. The number of nitrogens with zero attached hydrogens (tertiary/aromatic N) is 1. The van der Waals surface area contributed by atoms with Crippen molar-refractivity contribution in [1.29, 1.82) is 0 Å². The Morgan fingerprint density at radius 3 is 3.00 bits per heavy atom. The molecule has 5 heteroatoms. The molecule has 110 valence electrons. The molecule has 0 aliphatic carbocycles. The van der Waals surface area contributed by atoms with E-state index in [1.807, 2.05) is 30.3 Å². The molecule has 2 aromatic rings. The molecule has 2 heterocycles. The van der Waals surface area contributed by atoms with E-state index < -0.39 is 0 Å². The van der Waals surface area contributed by atoms with E-state index in [0.29, 0.717) is 11.0 Å². The molecular formula is C16H19N3OS. The van der Waals surface area contributed by atoms with Crippen LogP contribution in [0.2, 0.25) is 0 Å². The molecule has 0 spiro atoms. The number of benzene rings is 1. The lowest BCUT2D eigenvalue weighted by Crippen LogP contribution is -2.30. The zero-order valence-electron chi connectivity index (χ0n) is 11.8. The van der Waals surface area contributed by atoms with Gasteiger partial charge in [0.05, 0.1) is 17.0 Å². The standard InChI is InChI=1S/C16H19N3OS/c20-16(11-21-12-6-9-17-10-7-12)19-15-5-1-4-14-13(15)3-2-8-18-14/h1-5,8,12,17H,6-7,9-11H2,(H,19,20). The quantitative estimate of drug-likeness (QED) is 0.911. The summed E-state index contributed by atoms with van der Waals surface area (Å²) in [6.07, 6.45) is 4.06. The molecule has 21 heavy (non-hydrogen) atoms. The minimum Gasteiger partial charge on any atom is -0.325 e. The fraction of sp³-hybridized carbons (Fsp3) is 0.375. The first-order valence-electron chi connectivity index (χ1n) is 7.29. The molecular weight excluding hydrogens is 282 g/mol. The molecule has 0 bridgehead atoms. The van der Waals surface area contributed by atoms with E-state index >= 15 is 0 Å². The van der Waals surface area contributed by atoms with Gasteiger partial charge >= 0.3 is 0 Å². The molecule has 1 aliphatic rings. The summed E-state index contributed by atoms with van der Waals surface area (Å²) in [5.74, 6) is 0.580. The van der Waals surface area contributed by atoms with Gasteiger partial charge in [-0.05, 0) is 50.2 Å². The summed E-state index contributed by atoms with van der Waals surface area (Å²) in [4.78, 5) is 16.4. The number of aromatic nitrogens is 1. The van der Waals surface area contributed by atoms with Gasteiger partial charge in [-0.2, -0.15) is 0 Å². The number of pyridine rings is 1. The van der Waals surface area contributed by atoms with Gasteiger partial charge in [-0.25, -0.2) is 0 Å². The lowest BCUT2D eigenvalue weighted by Gasteiger charge is -2.21. The van der Waals surface area contributed by atoms with Crippen molar-refractivity contribution in [3.8, 4) is 0 Å². The predicted octanol–water partition coefficient (Wildman–Crippen LogP) is 2.66. The van der Waals surface area contributed by atoms with E-state index in [9.17, 15) is 4.79 Å². The van der Waals surface area contributed by atoms with Crippen molar-refractivity contribution >= 4 is 34.3 Å². The molecule has 2 N–H and O–H groups in total. The van der Waals surface area contributed by atoms with Crippen LogP contribution < -0.4 is 10.6 Å². The van der Waals surface area contributed by atoms with Gasteiger partial charge in [0.1, 0.15) is 0 Å². The van der Waals surface area contributed by atoms with Crippen LogP contribution in [-0.2, 0) is 4.79 Å². The largest absolute Gasteiger partial charge is 0.325 e. The van der Waals surface area contributed by atoms with Crippen LogP contribution in [0.25, 0.3) is 10.9 Å². The average Bonchev–Trinajstić information content (AvgIpc) is 2.54. The van der Waals surface area contributed by atoms with Crippen LogP contribution in [0.15, 0.2) is 36.5 Å². The first-order valence-corrected chi connectivity index (χ1v) is 8.34. The summed E-state index contributed by atoms with van der Waals surface area (Å²) in [6, 6.07) is 9.68. The van der Waals surface area contributed by atoms with Crippen molar-refractivity contribution in [2.45, 2.75) is 18.1 Å². The Bertz CT molecular complexity index is 620. The maximum atomic E-state index is 12.1. The molecule has 1 aromatic heterocycles. The second-order valence-corrected chi connectivity index (χ2v) is 6.47. The summed E-state index contributed by atoms with van der Waals surface area (Å²) < 4.78 is 0. The SMILES string of the molecule is O=C(CSC1CCNCC1)Nc1cccc2ncccc12. The summed E-state index contributed by atoms with van der Waals surface area (Å²) >= 11 is 1.76. The van der Waals surface area contributed by atoms with Crippen LogP contribution in [0, 0.1) is 0 Å². The summed E-state index contributed by atoms with van der Waals surface area (Å²) in [6.45, 7) is 2.13. The molecule has 0 radical (unpaired) electrons. The zero-order valence-corrected chi connectivity index (χ0v) is 12.7. The monoisotopic (exact) mass is 301 g/mol. The Kier molecular flexibility index (Phi) is 4.72. The van der Waals surface area contributed by atoms with Crippen LogP contribution in [-0.4, -0.2) is 35.0 Å². The van der Waals surface area contributed by atoms with Gasteiger partial charge in [-0.1, -0.05) is 6.07 Å². The Balaban J connectivity index is 1.61. The molecule has 3 rings (SSSR count). The molecule has 0 atom stereocenters. The summed E-state index contributed by atoms with van der Waals surface area (Å²) in [5, 5.41) is 7.94. The van der Waals surface area contributed by atoms with E-state index in [0.717, 1.165) is 42.5 Å². The number of nitrogens with one attached hydrogen (secondary N) is 2. The number of carbonyl (C=O) groups excluding carboxylic acids is 1. The Morgan fingerprint density at radius 1 is 1.29 bits per heavy atom. The van der Waals surface area contributed by atoms with E-state index in [2.05, 4.69) is 15.6 Å². The highest BCUT2D eigenvalue weighted by Crippen LogP contribution is 2.23. The predicted molar refractivity (Wildman–Crippen MR) is 88.7 cm³/mol. The van der Waals surface area contributed by atoms with Gasteiger partial charge in [0, 0.05) is 16.8 Å². The second-order valence-electron chi connectivity index (χ2n) is 5.18. The summed E-state index contributed by atoms with van der Waals surface area (Å²) in [7, 11) is 0. The first kappa shape index (κ1) is 14.4. The summed E-state index contributed by atoms with van der Waals surface area (Å²) in [5.41, 5.74) is 1.75. The highest BCUT2D eigenvalue weighted by atomic mass is 32.2. The van der Waals surface area contributed by atoms with Crippen molar-refractivity contribution in [1.82, 2.24) is 10.3 Å². The maximum absolute atomic E-state index is 12.1. The van der Waals surface area contributed by atoms with E-state index in [1.54, 1.807) is 18.0 Å². The number of fused-ring (bicyclic) bond motifs is 1. The number of thioether (sulfide) groups is 1. The van der Waals surface area contributed by atoms with Gasteiger partial charge < -0.3 is 10.6 Å². The van der Waals surface area contributed by atoms with Crippen LogP contribution in [0.5, 0.6) is 0 Å². The minimum absolute atomic E-state index is 0.0647. The molecule has 1 aliphatic heterocycles. The normalized spacial score (nSPS) is 16.0. The Labute approximate surface area is 128 Å². The van der Waals surface area contributed by atoms with Crippen molar-refractivity contribution in [2.24, 2.45) is 0 Å². The molecule has 1 amide bonds.